The molecule has 0 aliphatic heterocycles. The number of hydrogen-bond donors (Lipinski definition) is 0. The molecule has 114 valence electrons. The van der Waals surface area contributed by atoms with Crippen LogP contribution in [0.4, 0.5) is 0 Å². The first-order chi connectivity index (χ1) is 10.9. The van der Waals surface area contributed by atoms with Crippen molar-refractivity contribution in [2.24, 2.45) is 0 Å². The van der Waals surface area contributed by atoms with Crippen molar-refractivity contribution in [1.82, 2.24) is 0 Å². The molecule has 0 fully saturated rings. The molecule has 0 N–H and O–H groups in total. The third kappa shape index (κ3) is 5.67. The third-order valence-electron chi connectivity index (χ3n) is 3.75. The maximum atomic E-state index is 3.15. The predicted octanol–water partition coefficient (Wildman–Crippen LogP) is 5.09. The molecule has 0 saturated carbocycles. The molecule has 22 heavy (non-hydrogen) atoms. The van der Waals surface area contributed by atoms with E-state index in [-0.39, 0.29) is 7.92 Å². The minimum Gasteiger partial charge on any atom is -0.107 e. The topological polar surface area (TPSA) is 0 Å². The molecule has 0 aliphatic carbocycles. The van der Waals surface area contributed by atoms with Crippen LogP contribution in [0.3, 0.4) is 0 Å². The lowest BCUT2D eigenvalue weighted by Gasteiger charge is -2.18. The summed E-state index contributed by atoms with van der Waals surface area (Å²) in [6, 6.07) is 22.0. The first kappa shape index (κ1) is 16.8. The SMILES string of the molecule is CC#CCCCCCCP(c1ccccc1)c1ccccc1. The van der Waals surface area contributed by atoms with Crippen molar-refractivity contribution in [1.29, 1.82) is 0 Å². The van der Waals surface area contributed by atoms with Crippen LogP contribution in [0.1, 0.15) is 39.0 Å². The molecule has 0 spiro atoms. The van der Waals surface area contributed by atoms with Crippen LogP contribution in [-0.4, -0.2) is 6.16 Å². The lowest BCUT2D eigenvalue weighted by Crippen LogP contribution is -2.13. The zero-order valence-corrected chi connectivity index (χ0v) is 14.4. The summed E-state index contributed by atoms with van der Waals surface area (Å²) in [6.45, 7) is 1.92. The van der Waals surface area contributed by atoms with Crippen LogP contribution in [0.15, 0.2) is 60.7 Å². The largest absolute Gasteiger partial charge is 0.107 e. The van der Waals surface area contributed by atoms with Gasteiger partial charge in [0.05, 0.1) is 0 Å². The van der Waals surface area contributed by atoms with Crippen molar-refractivity contribution in [2.45, 2.75) is 39.0 Å². The van der Waals surface area contributed by atoms with Gasteiger partial charge in [0.1, 0.15) is 0 Å². The van der Waals surface area contributed by atoms with Gasteiger partial charge in [0, 0.05) is 6.42 Å². The Morgan fingerprint density at radius 3 is 1.82 bits per heavy atom. The van der Waals surface area contributed by atoms with Gasteiger partial charge in [-0.1, -0.05) is 73.5 Å². The number of hydrogen-bond acceptors (Lipinski definition) is 0. The Bertz CT molecular complexity index is 538. The Kier molecular flexibility index (Phi) is 7.79. The molecule has 2 rings (SSSR count). The van der Waals surface area contributed by atoms with Crippen LogP contribution < -0.4 is 10.6 Å². The van der Waals surface area contributed by atoms with Crippen molar-refractivity contribution in [3.8, 4) is 11.8 Å². The molecule has 0 unspecified atom stereocenters. The number of rotatable bonds is 8. The van der Waals surface area contributed by atoms with Gasteiger partial charge in [0.25, 0.3) is 0 Å². The van der Waals surface area contributed by atoms with Crippen molar-refractivity contribution in [3.05, 3.63) is 60.7 Å². The van der Waals surface area contributed by atoms with Gasteiger partial charge in [-0.05, 0) is 44.5 Å². The molecular weight excluding hydrogens is 283 g/mol. The van der Waals surface area contributed by atoms with Gasteiger partial charge in [0.15, 0.2) is 0 Å². The Morgan fingerprint density at radius 1 is 0.727 bits per heavy atom. The molecule has 0 radical (unpaired) electrons. The first-order valence-electron chi connectivity index (χ1n) is 8.19. The summed E-state index contributed by atoms with van der Waals surface area (Å²) < 4.78 is 0. The zero-order chi connectivity index (χ0) is 15.5. The maximum Gasteiger partial charge on any atom is 0.00885 e. The van der Waals surface area contributed by atoms with E-state index in [0.717, 1.165) is 6.42 Å². The standard InChI is InChI=1S/C21H25P/c1-2-3-4-5-6-7-14-19-22(20-15-10-8-11-16-20)21-17-12-9-13-18-21/h8-13,15-18H,4-7,14,19H2,1H3. The monoisotopic (exact) mass is 308 g/mol. The summed E-state index contributed by atoms with van der Waals surface area (Å²) in [7, 11) is -0.206. The van der Waals surface area contributed by atoms with Crippen LogP contribution in [0.25, 0.3) is 0 Å². The summed E-state index contributed by atoms with van der Waals surface area (Å²) in [5.41, 5.74) is 0. The molecule has 0 saturated heterocycles. The van der Waals surface area contributed by atoms with Gasteiger partial charge in [0.2, 0.25) is 0 Å². The number of benzene rings is 2. The third-order valence-corrected chi connectivity index (χ3v) is 6.35. The Balaban J connectivity index is 1.90. The maximum absolute atomic E-state index is 3.15. The highest BCUT2D eigenvalue weighted by molar-refractivity contribution is 7.73. The number of unbranched alkanes of at least 4 members (excludes halogenated alkanes) is 4. The Labute approximate surface area is 136 Å². The predicted molar refractivity (Wildman–Crippen MR) is 100 cm³/mol. The van der Waals surface area contributed by atoms with E-state index in [1.165, 1.54) is 42.5 Å². The summed E-state index contributed by atoms with van der Waals surface area (Å²) in [6.07, 6.45) is 7.54. The van der Waals surface area contributed by atoms with Crippen molar-refractivity contribution in [3.63, 3.8) is 0 Å². The second-order valence-electron chi connectivity index (χ2n) is 5.41. The van der Waals surface area contributed by atoms with Gasteiger partial charge >= 0.3 is 0 Å². The summed E-state index contributed by atoms with van der Waals surface area (Å²) in [5, 5.41) is 3.00. The van der Waals surface area contributed by atoms with Crippen LogP contribution in [0.5, 0.6) is 0 Å². The van der Waals surface area contributed by atoms with Gasteiger partial charge in [-0.15, -0.1) is 11.8 Å². The van der Waals surface area contributed by atoms with E-state index >= 15 is 0 Å². The molecular formula is C21H25P. The van der Waals surface area contributed by atoms with E-state index in [1.54, 1.807) is 0 Å². The van der Waals surface area contributed by atoms with Gasteiger partial charge < -0.3 is 0 Å². The van der Waals surface area contributed by atoms with E-state index in [1.807, 2.05) is 6.92 Å². The lowest BCUT2D eigenvalue weighted by molar-refractivity contribution is 0.682. The fourth-order valence-corrected chi connectivity index (χ4v) is 5.00. The highest BCUT2D eigenvalue weighted by Gasteiger charge is 2.12. The fraction of sp³-hybridized carbons (Fsp3) is 0.333. The Morgan fingerprint density at radius 2 is 1.27 bits per heavy atom. The lowest BCUT2D eigenvalue weighted by atomic mass is 10.2. The minimum atomic E-state index is -0.206. The average molecular weight is 308 g/mol. The van der Waals surface area contributed by atoms with Crippen LogP contribution in [-0.2, 0) is 0 Å². The summed E-state index contributed by atoms with van der Waals surface area (Å²) in [5.74, 6) is 6.13. The van der Waals surface area contributed by atoms with Crippen molar-refractivity contribution in [2.75, 3.05) is 6.16 Å². The molecule has 0 aliphatic rings. The van der Waals surface area contributed by atoms with E-state index in [2.05, 4.69) is 72.5 Å². The second kappa shape index (κ2) is 10.2. The van der Waals surface area contributed by atoms with Gasteiger partial charge in [-0.2, -0.15) is 0 Å². The Hall–Kier alpha value is -1.57. The molecule has 0 bridgehead atoms. The van der Waals surface area contributed by atoms with Crippen molar-refractivity contribution < 1.29 is 0 Å². The molecule has 0 nitrogen and oxygen atoms in total. The average Bonchev–Trinajstić information content (AvgIpc) is 2.59. The van der Waals surface area contributed by atoms with E-state index in [4.69, 9.17) is 0 Å². The summed E-state index contributed by atoms with van der Waals surface area (Å²) in [4.78, 5) is 0. The molecule has 0 amide bonds. The normalized spacial score (nSPS) is 10.3. The van der Waals surface area contributed by atoms with E-state index < -0.39 is 0 Å². The van der Waals surface area contributed by atoms with Crippen molar-refractivity contribution >= 4 is 18.5 Å². The second-order valence-corrected chi connectivity index (χ2v) is 7.75. The molecule has 1 heteroatoms. The van der Waals surface area contributed by atoms with Crippen LogP contribution >= 0.6 is 7.92 Å². The molecule has 0 heterocycles. The minimum absolute atomic E-state index is 0.206. The highest BCUT2D eigenvalue weighted by Crippen LogP contribution is 2.34. The molecule has 2 aromatic rings. The van der Waals surface area contributed by atoms with Crippen LogP contribution in [0, 0.1) is 11.8 Å². The van der Waals surface area contributed by atoms with Gasteiger partial charge in [-0.25, -0.2) is 0 Å². The van der Waals surface area contributed by atoms with Gasteiger partial charge in [-0.3, -0.25) is 0 Å². The smallest absolute Gasteiger partial charge is 0.00885 e. The quantitative estimate of drug-likeness (QED) is 0.362. The van der Waals surface area contributed by atoms with E-state index in [0.29, 0.717) is 0 Å². The highest BCUT2D eigenvalue weighted by atomic mass is 31.1. The molecule has 0 atom stereocenters. The van der Waals surface area contributed by atoms with Crippen LogP contribution in [0.2, 0.25) is 0 Å². The molecule has 2 aromatic carbocycles. The molecule has 0 aromatic heterocycles. The zero-order valence-electron chi connectivity index (χ0n) is 13.5. The fourth-order valence-electron chi connectivity index (χ4n) is 2.59. The summed E-state index contributed by atoms with van der Waals surface area (Å²) >= 11 is 0. The van der Waals surface area contributed by atoms with E-state index in [9.17, 15) is 0 Å². The first-order valence-corrected chi connectivity index (χ1v) is 9.72.